The molecule has 1 atom stereocenters. The molecule has 2 amide bonds. The smallest absolute Gasteiger partial charge is 0.264 e. The first-order chi connectivity index (χ1) is 19.9. The molecule has 1 aliphatic carbocycles. The number of benzene rings is 3. The minimum atomic E-state index is -4.22. The zero-order valence-electron chi connectivity index (χ0n) is 23.5. The first-order valence-electron chi connectivity index (χ1n) is 13.8. The number of hydrogen-bond acceptors (Lipinski definition) is 4. The summed E-state index contributed by atoms with van der Waals surface area (Å²) in [5.41, 5.74) is 1.82. The number of halogens is 3. The summed E-state index contributed by atoms with van der Waals surface area (Å²) in [6.45, 7) is 3.06. The maximum atomic E-state index is 14.1. The van der Waals surface area contributed by atoms with Crippen LogP contribution >= 0.6 is 39.1 Å². The standard InChI is InChI=1S/C31H34BrCl2N3O4S/c1-21-11-13-29(14-12-21)42(40,41)37(28-17-25(33)16-26(34)18-28)20-30(38)36(19-23-7-6-8-24(32)15-23)22(2)31(39)35-27-9-4-3-5-10-27/h6-8,11-18,22,27H,3-5,9-10,19-20H2,1-2H3,(H,35,39). The molecule has 1 aliphatic rings. The molecule has 7 nitrogen and oxygen atoms in total. The molecule has 1 saturated carbocycles. The van der Waals surface area contributed by atoms with Gasteiger partial charge in [-0.15, -0.1) is 0 Å². The van der Waals surface area contributed by atoms with Crippen molar-refractivity contribution in [1.82, 2.24) is 10.2 Å². The summed E-state index contributed by atoms with van der Waals surface area (Å²) >= 11 is 16.0. The molecule has 0 heterocycles. The molecule has 42 heavy (non-hydrogen) atoms. The number of nitrogens with one attached hydrogen (secondary N) is 1. The van der Waals surface area contributed by atoms with Crippen molar-refractivity contribution in [2.45, 2.75) is 69.5 Å². The maximum absolute atomic E-state index is 14.1. The van der Waals surface area contributed by atoms with Crippen molar-refractivity contribution in [2.75, 3.05) is 10.8 Å². The number of rotatable bonds is 10. The van der Waals surface area contributed by atoms with E-state index in [1.54, 1.807) is 19.1 Å². The zero-order valence-corrected chi connectivity index (χ0v) is 27.4. The van der Waals surface area contributed by atoms with Gasteiger partial charge in [0.2, 0.25) is 11.8 Å². The highest BCUT2D eigenvalue weighted by atomic mass is 79.9. The first kappa shape index (κ1) is 32.3. The second kappa shape index (κ2) is 14.3. The Kier molecular flexibility index (Phi) is 11.0. The van der Waals surface area contributed by atoms with Crippen molar-refractivity contribution in [3.63, 3.8) is 0 Å². The predicted octanol–water partition coefficient (Wildman–Crippen LogP) is 7.13. The second-order valence-electron chi connectivity index (χ2n) is 10.6. The van der Waals surface area contributed by atoms with E-state index in [2.05, 4.69) is 21.2 Å². The van der Waals surface area contributed by atoms with Crippen LogP contribution in [0.15, 0.2) is 76.1 Å². The number of amides is 2. The van der Waals surface area contributed by atoms with Gasteiger partial charge in [0.25, 0.3) is 10.0 Å². The monoisotopic (exact) mass is 693 g/mol. The van der Waals surface area contributed by atoms with Gasteiger partial charge in [0.1, 0.15) is 12.6 Å². The lowest BCUT2D eigenvalue weighted by Crippen LogP contribution is -2.53. The number of sulfonamides is 1. The van der Waals surface area contributed by atoms with E-state index < -0.39 is 28.5 Å². The minimum Gasteiger partial charge on any atom is -0.352 e. The molecule has 0 aromatic heterocycles. The molecule has 1 unspecified atom stereocenters. The van der Waals surface area contributed by atoms with Crippen LogP contribution in [0.4, 0.5) is 5.69 Å². The van der Waals surface area contributed by atoms with Crippen LogP contribution in [0.25, 0.3) is 0 Å². The molecule has 0 aliphatic heterocycles. The maximum Gasteiger partial charge on any atom is 0.264 e. The van der Waals surface area contributed by atoms with Crippen LogP contribution in [0.3, 0.4) is 0 Å². The SMILES string of the molecule is Cc1ccc(S(=O)(=O)N(CC(=O)N(Cc2cccc(Br)c2)C(C)C(=O)NC2CCCCC2)c2cc(Cl)cc(Cl)c2)cc1. The van der Waals surface area contributed by atoms with Gasteiger partial charge in [-0.1, -0.05) is 88.2 Å². The van der Waals surface area contributed by atoms with Crippen LogP contribution in [0.5, 0.6) is 0 Å². The van der Waals surface area contributed by atoms with Crippen LogP contribution in [-0.4, -0.2) is 43.8 Å². The van der Waals surface area contributed by atoms with Crippen molar-refractivity contribution >= 4 is 66.7 Å². The molecule has 0 radical (unpaired) electrons. The van der Waals surface area contributed by atoms with Gasteiger partial charge >= 0.3 is 0 Å². The van der Waals surface area contributed by atoms with Crippen LogP contribution in [-0.2, 0) is 26.2 Å². The molecule has 1 fully saturated rings. The van der Waals surface area contributed by atoms with Crippen LogP contribution in [0.1, 0.15) is 50.2 Å². The van der Waals surface area contributed by atoms with E-state index in [1.165, 1.54) is 35.2 Å². The highest BCUT2D eigenvalue weighted by Crippen LogP contribution is 2.30. The Hall–Kier alpha value is -2.59. The second-order valence-corrected chi connectivity index (χ2v) is 14.3. The molecule has 0 bridgehead atoms. The summed E-state index contributed by atoms with van der Waals surface area (Å²) in [6.07, 6.45) is 5.04. The largest absolute Gasteiger partial charge is 0.352 e. The fourth-order valence-electron chi connectivity index (χ4n) is 5.03. The third kappa shape index (κ3) is 8.28. The Balaban J connectivity index is 1.70. The summed E-state index contributed by atoms with van der Waals surface area (Å²) in [7, 11) is -4.22. The molecule has 0 spiro atoms. The van der Waals surface area contributed by atoms with Gasteiger partial charge in [0.05, 0.1) is 10.6 Å². The quantitative estimate of drug-likeness (QED) is 0.245. The predicted molar refractivity (Wildman–Crippen MR) is 171 cm³/mol. The fraction of sp³-hybridized carbons (Fsp3) is 0.355. The number of carbonyl (C=O) groups excluding carboxylic acids is 2. The van der Waals surface area contributed by atoms with Crippen LogP contribution < -0.4 is 9.62 Å². The van der Waals surface area contributed by atoms with Gasteiger partial charge < -0.3 is 10.2 Å². The Labute approximate surface area is 266 Å². The van der Waals surface area contributed by atoms with Crippen LogP contribution in [0.2, 0.25) is 10.0 Å². The lowest BCUT2D eigenvalue weighted by molar-refractivity contribution is -0.139. The first-order valence-corrected chi connectivity index (χ1v) is 16.8. The van der Waals surface area contributed by atoms with E-state index in [1.807, 2.05) is 31.2 Å². The molecule has 11 heteroatoms. The van der Waals surface area contributed by atoms with E-state index in [-0.39, 0.29) is 39.1 Å². The number of aryl methyl sites for hydroxylation is 1. The Morgan fingerprint density at radius 1 is 0.976 bits per heavy atom. The Bertz CT molecular complexity index is 1510. The topological polar surface area (TPSA) is 86.8 Å². The van der Waals surface area contributed by atoms with Crippen molar-refractivity contribution in [2.24, 2.45) is 0 Å². The normalized spacial score (nSPS) is 14.7. The average Bonchev–Trinajstić information content (AvgIpc) is 2.94. The third-order valence-corrected chi connectivity index (χ3v) is 10.1. The highest BCUT2D eigenvalue weighted by Gasteiger charge is 2.33. The molecular weight excluding hydrogens is 661 g/mol. The third-order valence-electron chi connectivity index (χ3n) is 7.38. The van der Waals surface area contributed by atoms with E-state index >= 15 is 0 Å². The van der Waals surface area contributed by atoms with E-state index in [0.717, 1.165) is 52.0 Å². The lowest BCUT2D eigenvalue weighted by atomic mass is 9.95. The Morgan fingerprint density at radius 2 is 1.62 bits per heavy atom. The highest BCUT2D eigenvalue weighted by molar-refractivity contribution is 9.10. The number of carbonyl (C=O) groups is 2. The van der Waals surface area contributed by atoms with Gasteiger partial charge in [-0.3, -0.25) is 13.9 Å². The summed E-state index contributed by atoms with van der Waals surface area (Å²) in [4.78, 5) is 29.0. The molecule has 3 aromatic carbocycles. The van der Waals surface area contributed by atoms with Gasteiger partial charge in [-0.25, -0.2) is 8.42 Å². The number of hydrogen-bond donors (Lipinski definition) is 1. The molecule has 1 N–H and O–H groups in total. The Morgan fingerprint density at radius 3 is 2.24 bits per heavy atom. The van der Waals surface area contributed by atoms with Crippen molar-refractivity contribution < 1.29 is 18.0 Å². The lowest BCUT2D eigenvalue weighted by Gasteiger charge is -2.33. The molecule has 224 valence electrons. The van der Waals surface area contributed by atoms with Crippen molar-refractivity contribution in [1.29, 1.82) is 0 Å². The van der Waals surface area contributed by atoms with E-state index in [9.17, 15) is 18.0 Å². The van der Waals surface area contributed by atoms with Gasteiger partial charge in [-0.05, 0) is 74.7 Å². The minimum absolute atomic E-state index is 0.0126. The molecule has 0 saturated heterocycles. The average molecular weight is 696 g/mol. The van der Waals surface area contributed by atoms with Gasteiger partial charge in [-0.2, -0.15) is 0 Å². The van der Waals surface area contributed by atoms with Crippen LogP contribution in [0, 0.1) is 6.92 Å². The molecular formula is C31H34BrCl2N3O4S. The fourth-order valence-corrected chi connectivity index (χ4v) is 7.39. The summed E-state index contributed by atoms with van der Waals surface area (Å²) in [6, 6.07) is 17.4. The van der Waals surface area contributed by atoms with E-state index in [4.69, 9.17) is 23.2 Å². The summed E-state index contributed by atoms with van der Waals surface area (Å²) in [5, 5.41) is 3.55. The summed E-state index contributed by atoms with van der Waals surface area (Å²) < 4.78 is 29.8. The zero-order chi connectivity index (χ0) is 30.4. The molecule has 4 rings (SSSR count). The molecule has 3 aromatic rings. The van der Waals surface area contributed by atoms with Crippen molar-refractivity contribution in [3.8, 4) is 0 Å². The van der Waals surface area contributed by atoms with Crippen molar-refractivity contribution in [3.05, 3.63) is 92.4 Å². The van der Waals surface area contributed by atoms with E-state index in [0.29, 0.717) is 0 Å². The number of nitrogens with zero attached hydrogens (tertiary/aromatic N) is 2. The van der Waals surface area contributed by atoms with Gasteiger partial charge in [0, 0.05) is 27.1 Å². The number of anilines is 1. The summed E-state index contributed by atoms with van der Waals surface area (Å²) in [5.74, 6) is -0.822. The van der Waals surface area contributed by atoms with Gasteiger partial charge in [0.15, 0.2) is 0 Å².